The lowest BCUT2D eigenvalue weighted by Gasteiger charge is -2.38. The van der Waals surface area contributed by atoms with Crippen LogP contribution in [-0.4, -0.2) is 0 Å². The molecule has 2 aromatic heterocycles. The summed E-state index contributed by atoms with van der Waals surface area (Å²) in [5.41, 5.74) is 12.3. The van der Waals surface area contributed by atoms with E-state index in [4.69, 9.17) is 9.47 Å². The highest BCUT2D eigenvalue weighted by Crippen LogP contribution is 2.60. The van der Waals surface area contributed by atoms with Crippen LogP contribution in [0.1, 0.15) is 0 Å². The molecule has 2 aliphatic rings. The van der Waals surface area contributed by atoms with E-state index in [-0.39, 0.29) is 0 Å². The number of fused-ring (bicyclic) bond motifs is 10. The maximum Gasteiger partial charge on any atom is 0.155 e. The fraction of sp³-hybridized carbons (Fsp3) is 0. The third-order valence-electron chi connectivity index (χ3n) is 11.9. The number of hydrogen-bond donors (Lipinski definition) is 0. The number of anilines is 3. The molecule has 11 aromatic rings. The highest BCUT2D eigenvalue weighted by molar-refractivity contribution is 7.26. The number of ether oxygens (including phenoxy) is 2. The van der Waals surface area contributed by atoms with Gasteiger partial charge in [-0.05, 0) is 105 Å². The van der Waals surface area contributed by atoms with Crippen molar-refractivity contribution in [3.05, 3.63) is 188 Å². The zero-order chi connectivity index (χ0) is 38.6. The summed E-state index contributed by atoms with van der Waals surface area (Å²) in [6.45, 7) is 0. The molecule has 59 heavy (non-hydrogen) atoms. The van der Waals surface area contributed by atoms with E-state index in [1.165, 1.54) is 62.6 Å². The molecule has 9 aromatic carbocycles. The average Bonchev–Trinajstić information content (AvgIpc) is 3.88. The second-order valence-corrected chi connectivity index (χ2v) is 17.4. The Bertz CT molecular complexity index is 3280. The van der Waals surface area contributed by atoms with Crippen LogP contribution in [0.2, 0.25) is 0 Å². The van der Waals surface area contributed by atoms with Gasteiger partial charge in [-0.3, -0.25) is 4.90 Å². The van der Waals surface area contributed by atoms with Gasteiger partial charge in [-0.15, -0.1) is 22.7 Å². The first kappa shape index (κ1) is 32.9. The summed E-state index contributed by atoms with van der Waals surface area (Å²) >= 11 is 3.71. The molecule has 5 heteroatoms. The second kappa shape index (κ2) is 12.7. The smallest absolute Gasteiger partial charge is 0.155 e. The lowest BCUT2D eigenvalue weighted by atomic mass is 9.96. The van der Waals surface area contributed by atoms with E-state index in [9.17, 15) is 0 Å². The predicted octanol–water partition coefficient (Wildman–Crippen LogP) is 16.8. The predicted molar refractivity (Wildman–Crippen MR) is 249 cm³/mol. The van der Waals surface area contributed by atoms with E-state index in [2.05, 4.69) is 175 Å². The number of nitrogens with zero attached hydrogens (tertiary/aromatic N) is 1. The zero-order valence-corrected chi connectivity index (χ0v) is 33.1. The number of para-hydroxylation sites is 1. The van der Waals surface area contributed by atoms with E-state index in [0.29, 0.717) is 0 Å². The highest BCUT2D eigenvalue weighted by Gasteiger charge is 2.35. The number of rotatable bonds is 4. The first-order valence-electron chi connectivity index (χ1n) is 19.8. The van der Waals surface area contributed by atoms with E-state index < -0.39 is 0 Å². The summed E-state index contributed by atoms with van der Waals surface area (Å²) < 4.78 is 18.6. The van der Waals surface area contributed by atoms with Crippen molar-refractivity contribution in [3.63, 3.8) is 0 Å². The monoisotopic (exact) mass is 789 g/mol. The van der Waals surface area contributed by atoms with Crippen LogP contribution >= 0.6 is 22.7 Å². The van der Waals surface area contributed by atoms with Gasteiger partial charge in [-0.2, -0.15) is 0 Å². The fourth-order valence-electron chi connectivity index (χ4n) is 9.13. The van der Waals surface area contributed by atoms with Crippen molar-refractivity contribution < 1.29 is 9.47 Å². The van der Waals surface area contributed by atoms with Crippen molar-refractivity contribution in [2.45, 2.75) is 0 Å². The van der Waals surface area contributed by atoms with Gasteiger partial charge in [-0.25, -0.2) is 0 Å². The largest absolute Gasteiger partial charge is 0.453 e. The molecule has 0 saturated heterocycles. The Labute approximate surface area is 348 Å². The van der Waals surface area contributed by atoms with Crippen LogP contribution < -0.4 is 14.4 Å². The SMILES string of the molecule is c1cc2c3c(c1)Oc1cc(-c4ccc(-c5cccc6sc7ccccc7c56)cc4)ccc1N3c1ccc(-c3ccc(-c4cccc5sc6ccccc6c45)cc3)cc1O2. The van der Waals surface area contributed by atoms with Gasteiger partial charge in [0.05, 0.1) is 11.4 Å². The zero-order valence-electron chi connectivity index (χ0n) is 31.5. The van der Waals surface area contributed by atoms with Gasteiger partial charge in [0, 0.05) is 40.3 Å². The van der Waals surface area contributed by atoms with Crippen LogP contribution in [0, 0.1) is 0 Å². The van der Waals surface area contributed by atoms with E-state index in [1.54, 1.807) is 0 Å². The van der Waals surface area contributed by atoms with Crippen molar-refractivity contribution >= 4 is 80.1 Å². The van der Waals surface area contributed by atoms with Gasteiger partial charge in [0.1, 0.15) is 5.69 Å². The first-order chi connectivity index (χ1) is 29.2. The number of benzene rings is 9. The molecule has 276 valence electrons. The Morgan fingerprint density at radius 2 is 0.729 bits per heavy atom. The highest BCUT2D eigenvalue weighted by atomic mass is 32.1. The molecule has 4 heterocycles. The van der Waals surface area contributed by atoms with Crippen molar-refractivity contribution in [2.24, 2.45) is 0 Å². The van der Waals surface area contributed by atoms with Crippen molar-refractivity contribution in [1.29, 1.82) is 0 Å². The molecule has 0 N–H and O–H groups in total. The molecule has 0 atom stereocenters. The van der Waals surface area contributed by atoms with Crippen LogP contribution in [0.5, 0.6) is 23.0 Å². The van der Waals surface area contributed by atoms with Crippen molar-refractivity contribution in [3.8, 4) is 67.5 Å². The lowest BCUT2D eigenvalue weighted by Crippen LogP contribution is -2.20. The lowest BCUT2D eigenvalue weighted by molar-refractivity contribution is 0.446. The molecule has 3 nitrogen and oxygen atoms in total. The minimum absolute atomic E-state index is 0.775. The Morgan fingerprint density at radius 3 is 1.22 bits per heavy atom. The van der Waals surface area contributed by atoms with Crippen molar-refractivity contribution in [2.75, 3.05) is 4.90 Å². The maximum absolute atomic E-state index is 6.64. The summed E-state index contributed by atoms with van der Waals surface area (Å²) in [6, 6.07) is 67.7. The van der Waals surface area contributed by atoms with E-state index >= 15 is 0 Å². The third kappa shape index (κ3) is 5.05. The minimum atomic E-state index is 0.775. The standard InChI is InChI=1S/C54H31NO2S2/c1-3-14-48-40(8-1)52-38(10-5-16-50(52)58-48)34-22-18-32(19-23-34)36-26-28-42-46(30-36)56-44-12-7-13-45-54(44)55(42)43-29-27-37(31-47(43)57-45)33-20-24-35(25-21-33)39-11-6-17-51-53(39)41-9-2-4-15-49(41)59-51/h1-31H. The Balaban J connectivity index is 0.835. The van der Waals surface area contributed by atoms with Crippen LogP contribution in [0.3, 0.4) is 0 Å². The first-order valence-corrected chi connectivity index (χ1v) is 21.4. The number of hydrogen-bond acceptors (Lipinski definition) is 5. The quantitative estimate of drug-likeness (QED) is 0.177. The molecule has 0 fully saturated rings. The summed E-state index contributed by atoms with van der Waals surface area (Å²) in [7, 11) is 0. The third-order valence-corrected chi connectivity index (χ3v) is 14.2. The topological polar surface area (TPSA) is 21.7 Å². The summed E-state index contributed by atoms with van der Waals surface area (Å²) in [4.78, 5) is 2.29. The summed E-state index contributed by atoms with van der Waals surface area (Å²) in [5, 5.41) is 5.28. The van der Waals surface area contributed by atoms with Crippen LogP contribution in [0.15, 0.2) is 188 Å². The van der Waals surface area contributed by atoms with Gasteiger partial charge in [-0.1, -0.05) is 127 Å². The molecule has 0 radical (unpaired) electrons. The van der Waals surface area contributed by atoms with Gasteiger partial charge in [0.25, 0.3) is 0 Å². The van der Waals surface area contributed by atoms with Crippen LogP contribution in [-0.2, 0) is 0 Å². The van der Waals surface area contributed by atoms with Crippen molar-refractivity contribution in [1.82, 2.24) is 0 Å². The molecule has 0 aliphatic carbocycles. The van der Waals surface area contributed by atoms with E-state index in [0.717, 1.165) is 62.3 Å². The molecule has 0 spiro atoms. The molecule has 0 saturated carbocycles. The molecule has 0 unspecified atom stereocenters. The van der Waals surface area contributed by atoms with Crippen LogP contribution in [0.4, 0.5) is 17.1 Å². The number of thiophene rings is 2. The van der Waals surface area contributed by atoms with Gasteiger partial charge < -0.3 is 9.47 Å². The normalized spacial score (nSPS) is 12.6. The summed E-state index contributed by atoms with van der Waals surface area (Å²) in [6.07, 6.45) is 0. The minimum Gasteiger partial charge on any atom is -0.453 e. The maximum atomic E-state index is 6.64. The molecular formula is C54H31NO2S2. The Morgan fingerprint density at radius 1 is 0.322 bits per heavy atom. The fourth-order valence-corrected chi connectivity index (χ4v) is 11.4. The molecule has 0 amide bonds. The molecule has 2 aliphatic heterocycles. The molecule has 0 bridgehead atoms. The summed E-state index contributed by atoms with van der Waals surface area (Å²) in [5.74, 6) is 3.17. The van der Waals surface area contributed by atoms with Gasteiger partial charge in [0.15, 0.2) is 23.0 Å². The second-order valence-electron chi connectivity index (χ2n) is 15.2. The Hall–Kier alpha value is -7.18. The van der Waals surface area contributed by atoms with Gasteiger partial charge >= 0.3 is 0 Å². The van der Waals surface area contributed by atoms with Gasteiger partial charge in [0.2, 0.25) is 0 Å². The van der Waals surface area contributed by atoms with E-state index in [1.807, 2.05) is 40.9 Å². The average molecular weight is 790 g/mol. The Kier molecular flexibility index (Phi) is 7.05. The molecule has 13 rings (SSSR count). The molecular weight excluding hydrogens is 759 g/mol. The van der Waals surface area contributed by atoms with Crippen LogP contribution in [0.25, 0.3) is 84.9 Å².